The number of aromatic nitrogens is 1. The third kappa shape index (κ3) is 3.53. The van der Waals surface area contributed by atoms with Crippen LogP contribution in [-0.4, -0.2) is 40.6 Å². The standard InChI is InChI=1S/C33H45NO3S/c1-18-6-5-7-26-31(18)38-29(34-26)11-8-22-19(2)17-33-23(22)9-10-24(33)30-25(16-28(33)37-4)32(3)13-12-21(35)14-20(32)15-27(30)36/h5-7,20-25,27-28,30,35-36H,2,8-17H2,1,3-4H3/t20-,21+,22?,23+,24-,25-,27+,28-,30-,32-,33+/m0/s1. The molecule has 38 heavy (non-hydrogen) atoms. The molecule has 11 atom stereocenters. The Morgan fingerprint density at radius 3 is 2.71 bits per heavy atom. The van der Waals surface area contributed by atoms with Gasteiger partial charge in [-0.2, -0.15) is 0 Å². The summed E-state index contributed by atoms with van der Waals surface area (Å²) in [6, 6.07) is 6.44. The number of nitrogens with zero attached hydrogens (tertiary/aromatic N) is 1. The third-order valence-electron chi connectivity index (χ3n) is 12.6. The molecule has 0 amide bonds. The first-order valence-corrected chi connectivity index (χ1v) is 16.0. The number of ether oxygens (including phenoxy) is 1. The molecule has 0 saturated heterocycles. The lowest BCUT2D eigenvalue weighted by atomic mass is 9.43. The summed E-state index contributed by atoms with van der Waals surface area (Å²) in [4.78, 5) is 4.98. The zero-order valence-corrected chi connectivity index (χ0v) is 24.2. The van der Waals surface area contributed by atoms with Crippen LogP contribution in [0.15, 0.2) is 30.4 Å². The van der Waals surface area contributed by atoms with E-state index in [4.69, 9.17) is 9.72 Å². The maximum Gasteiger partial charge on any atom is 0.0938 e. The first-order chi connectivity index (χ1) is 18.3. The third-order valence-corrected chi connectivity index (χ3v) is 13.9. The lowest BCUT2D eigenvalue weighted by molar-refractivity contribution is -0.211. The Balaban J connectivity index is 1.17. The molecule has 2 aromatic rings. The molecule has 1 heterocycles. The van der Waals surface area contributed by atoms with Crippen LogP contribution in [0.25, 0.3) is 10.2 Å². The van der Waals surface area contributed by atoms with E-state index in [0.717, 1.165) is 56.9 Å². The maximum atomic E-state index is 11.7. The van der Waals surface area contributed by atoms with Crippen molar-refractivity contribution in [2.75, 3.05) is 7.11 Å². The average Bonchev–Trinajstić information content (AvgIpc) is 3.54. The van der Waals surface area contributed by atoms with E-state index in [9.17, 15) is 10.2 Å². The number of hydrogen-bond acceptors (Lipinski definition) is 5. The van der Waals surface area contributed by atoms with Crippen molar-refractivity contribution in [3.63, 3.8) is 0 Å². The van der Waals surface area contributed by atoms with Gasteiger partial charge in [-0.15, -0.1) is 11.3 Å². The van der Waals surface area contributed by atoms with Crippen LogP contribution in [0.3, 0.4) is 0 Å². The molecule has 2 N–H and O–H groups in total. The molecular formula is C33H45NO3S. The average molecular weight is 536 g/mol. The van der Waals surface area contributed by atoms with E-state index in [2.05, 4.69) is 38.6 Å². The number of methoxy groups -OCH3 is 1. The molecule has 0 bridgehead atoms. The molecule has 5 fully saturated rings. The van der Waals surface area contributed by atoms with Crippen molar-refractivity contribution in [2.24, 2.45) is 46.3 Å². The highest BCUT2D eigenvalue weighted by Crippen LogP contribution is 2.73. The second-order valence-corrected chi connectivity index (χ2v) is 15.1. The number of rotatable bonds is 4. The molecule has 206 valence electrons. The highest BCUT2D eigenvalue weighted by Gasteiger charge is 2.70. The molecule has 5 heteroatoms. The second kappa shape index (κ2) is 9.12. The fourth-order valence-electron chi connectivity index (χ4n) is 11.0. The number of aliphatic hydroxyl groups excluding tert-OH is 2. The molecule has 1 aromatic heterocycles. The molecule has 5 aliphatic carbocycles. The minimum Gasteiger partial charge on any atom is -0.393 e. The number of aryl methyl sites for hydroxylation is 2. The summed E-state index contributed by atoms with van der Waals surface area (Å²) in [7, 11) is 1.94. The van der Waals surface area contributed by atoms with Crippen LogP contribution in [-0.2, 0) is 11.2 Å². The first-order valence-electron chi connectivity index (χ1n) is 15.2. The minimum atomic E-state index is -0.250. The molecule has 7 rings (SSSR count). The van der Waals surface area contributed by atoms with Crippen LogP contribution in [0, 0.1) is 53.3 Å². The van der Waals surface area contributed by atoms with E-state index in [0.29, 0.717) is 35.5 Å². The quantitative estimate of drug-likeness (QED) is 0.427. The Bertz CT molecular complexity index is 1240. The van der Waals surface area contributed by atoms with Crippen LogP contribution >= 0.6 is 11.3 Å². The van der Waals surface area contributed by atoms with Gasteiger partial charge in [0.1, 0.15) is 0 Å². The van der Waals surface area contributed by atoms with Crippen LogP contribution in [0.2, 0.25) is 0 Å². The molecule has 1 unspecified atom stereocenters. The topological polar surface area (TPSA) is 62.6 Å². The summed E-state index contributed by atoms with van der Waals surface area (Å²) in [6.07, 6.45) is 10.2. The Labute approximate surface area is 231 Å². The molecule has 5 aliphatic rings. The molecule has 1 spiro atoms. The molecule has 0 radical (unpaired) electrons. The zero-order chi connectivity index (χ0) is 26.4. The fourth-order valence-corrected chi connectivity index (χ4v) is 12.1. The van der Waals surface area contributed by atoms with Gasteiger partial charge in [0.05, 0.1) is 33.5 Å². The van der Waals surface area contributed by atoms with Crippen LogP contribution in [0.5, 0.6) is 0 Å². The van der Waals surface area contributed by atoms with Crippen molar-refractivity contribution in [2.45, 2.75) is 96.4 Å². The van der Waals surface area contributed by atoms with Crippen LogP contribution in [0.4, 0.5) is 0 Å². The largest absolute Gasteiger partial charge is 0.393 e. The first kappa shape index (κ1) is 25.7. The summed E-state index contributed by atoms with van der Waals surface area (Å²) in [5, 5.41) is 23.4. The Morgan fingerprint density at radius 1 is 1.11 bits per heavy atom. The van der Waals surface area contributed by atoms with E-state index >= 15 is 0 Å². The van der Waals surface area contributed by atoms with E-state index in [1.165, 1.54) is 33.7 Å². The highest BCUT2D eigenvalue weighted by molar-refractivity contribution is 7.18. The van der Waals surface area contributed by atoms with E-state index in [-0.39, 0.29) is 29.1 Å². The van der Waals surface area contributed by atoms with Gasteiger partial charge in [-0.1, -0.05) is 31.2 Å². The molecular weight excluding hydrogens is 490 g/mol. The maximum absolute atomic E-state index is 11.7. The van der Waals surface area contributed by atoms with Crippen molar-refractivity contribution in [3.8, 4) is 0 Å². The van der Waals surface area contributed by atoms with Gasteiger partial charge < -0.3 is 14.9 Å². The van der Waals surface area contributed by atoms with Gasteiger partial charge in [-0.3, -0.25) is 0 Å². The van der Waals surface area contributed by atoms with E-state index in [1.807, 2.05) is 18.4 Å². The van der Waals surface area contributed by atoms with Gasteiger partial charge in [0.2, 0.25) is 0 Å². The number of aliphatic hydroxyl groups is 2. The highest BCUT2D eigenvalue weighted by atomic mass is 32.1. The Hall–Kier alpha value is -1.27. The number of hydrogen-bond donors (Lipinski definition) is 2. The summed E-state index contributed by atoms with van der Waals surface area (Å²) >= 11 is 1.87. The normalized spacial score (nSPS) is 46.0. The van der Waals surface area contributed by atoms with Crippen molar-refractivity contribution in [1.29, 1.82) is 0 Å². The van der Waals surface area contributed by atoms with Crippen molar-refractivity contribution < 1.29 is 14.9 Å². The zero-order valence-electron chi connectivity index (χ0n) is 23.4. The number of fused-ring (bicyclic) bond motifs is 5. The summed E-state index contributed by atoms with van der Waals surface area (Å²) < 4.78 is 7.80. The number of benzene rings is 1. The minimum absolute atomic E-state index is 0.125. The Morgan fingerprint density at radius 2 is 1.92 bits per heavy atom. The second-order valence-electron chi connectivity index (χ2n) is 14.0. The van der Waals surface area contributed by atoms with Gasteiger partial charge in [-0.05, 0) is 124 Å². The lowest BCUT2D eigenvalue weighted by Gasteiger charge is -2.63. The summed E-state index contributed by atoms with van der Waals surface area (Å²) in [5.41, 5.74) is 4.22. The van der Waals surface area contributed by atoms with Crippen molar-refractivity contribution in [3.05, 3.63) is 40.9 Å². The number of thiazole rings is 1. The molecule has 1 aromatic carbocycles. The molecule has 4 nitrogen and oxygen atoms in total. The van der Waals surface area contributed by atoms with Gasteiger partial charge in [0.15, 0.2) is 0 Å². The molecule has 5 saturated carbocycles. The van der Waals surface area contributed by atoms with Gasteiger partial charge in [0, 0.05) is 12.5 Å². The van der Waals surface area contributed by atoms with Crippen molar-refractivity contribution in [1.82, 2.24) is 4.98 Å². The monoisotopic (exact) mass is 535 g/mol. The number of allylic oxidation sites excluding steroid dienone is 1. The predicted molar refractivity (Wildman–Crippen MR) is 153 cm³/mol. The van der Waals surface area contributed by atoms with Gasteiger partial charge >= 0.3 is 0 Å². The summed E-state index contributed by atoms with van der Waals surface area (Å²) in [6.45, 7) is 9.36. The lowest BCUT2D eigenvalue weighted by Crippen LogP contribution is -2.62. The SMILES string of the molecule is C=C1C[C@]23[C@@H](OC)C[C@H]4[C@@H]([C@H](O)C[C@@H]5C[C@H](O)CC[C@@]54C)[C@@H]2CC[C@@H]3C1CCc1nc2cccc(C)c2s1. The van der Waals surface area contributed by atoms with Crippen molar-refractivity contribution >= 4 is 21.6 Å². The van der Waals surface area contributed by atoms with E-state index in [1.54, 1.807) is 0 Å². The van der Waals surface area contributed by atoms with E-state index < -0.39 is 0 Å². The van der Waals surface area contributed by atoms with Gasteiger partial charge in [0.25, 0.3) is 0 Å². The van der Waals surface area contributed by atoms with Gasteiger partial charge in [-0.25, -0.2) is 4.98 Å². The van der Waals surface area contributed by atoms with Crippen LogP contribution < -0.4 is 0 Å². The molecule has 0 aliphatic heterocycles. The Kier molecular flexibility index (Phi) is 6.17. The smallest absolute Gasteiger partial charge is 0.0938 e. The fraction of sp³-hybridized carbons (Fsp3) is 0.727. The summed E-state index contributed by atoms with van der Waals surface area (Å²) in [5.74, 6) is 2.92. The van der Waals surface area contributed by atoms with Crippen LogP contribution in [0.1, 0.15) is 75.3 Å². The predicted octanol–water partition coefficient (Wildman–Crippen LogP) is 6.71.